The minimum atomic E-state index is -3.31. The van der Waals surface area contributed by atoms with Crippen molar-refractivity contribution in [1.29, 1.82) is 0 Å². The van der Waals surface area contributed by atoms with Gasteiger partial charge >= 0.3 is 0 Å². The number of nitrogens with zero attached hydrogens (tertiary/aromatic N) is 2. The van der Waals surface area contributed by atoms with Crippen molar-refractivity contribution in [3.63, 3.8) is 0 Å². The molecule has 2 aromatic heterocycles. The van der Waals surface area contributed by atoms with Crippen LogP contribution in [0.5, 0.6) is 0 Å². The Bertz CT molecular complexity index is 1020. The zero-order valence-corrected chi connectivity index (χ0v) is 15.5. The molecule has 0 saturated heterocycles. The molecule has 0 amide bonds. The van der Waals surface area contributed by atoms with E-state index in [0.717, 1.165) is 17.7 Å². The largest absolute Gasteiger partial charge is 0.261 e. The first-order chi connectivity index (χ1) is 11.9. The molecular weight excluding hydrogens is 356 g/mol. The normalized spacial score (nSPS) is 11.5. The third kappa shape index (κ3) is 3.72. The Hall–Kier alpha value is -2.24. The quantitative estimate of drug-likeness (QED) is 0.679. The fourth-order valence-corrected chi connectivity index (χ4v) is 3.51. The molecule has 25 heavy (non-hydrogen) atoms. The average molecular weight is 373 g/mol. The Kier molecular flexibility index (Phi) is 4.88. The molecule has 0 aliphatic rings. The summed E-state index contributed by atoms with van der Waals surface area (Å²) in [4.78, 5) is 9.12. The first kappa shape index (κ1) is 17.6. The fraction of sp³-hybridized carbons (Fsp3) is 0.158. The zero-order valence-electron chi connectivity index (χ0n) is 13.9. The molecule has 0 radical (unpaired) electrons. The van der Waals surface area contributed by atoms with Gasteiger partial charge in [-0.3, -0.25) is 9.97 Å². The minimum absolute atomic E-state index is 0.246. The predicted octanol–water partition coefficient (Wildman–Crippen LogP) is 4.43. The molecule has 0 atom stereocenters. The van der Waals surface area contributed by atoms with Gasteiger partial charge in [-0.25, -0.2) is 8.42 Å². The van der Waals surface area contributed by atoms with E-state index in [2.05, 4.69) is 9.97 Å². The predicted molar refractivity (Wildman–Crippen MR) is 100 cm³/mol. The molecule has 2 heterocycles. The van der Waals surface area contributed by atoms with Gasteiger partial charge in [-0.1, -0.05) is 30.7 Å². The molecule has 0 bridgehead atoms. The van der Waals surface area contributed by atoms with Crippen LogP contribution in [0.2, 0.25) is 5.02 Å². The number of pyridine rings is 2. The standard InChI is InChI=1S/C19H17ClN2O2S/c1-3-15-8-7-14(12-22-15)19-18(17(20)9-10-21-19)13-5-4-6-16(11-13)25(2,23)24/h4-12H,3H2,1-2H3. The number of aromatic nitrogens is 2. The van der Waals surface area contributed by atoms with Crippen LogP contribution in [0.25, 0.3) is 22.4 Å². The van der Waals surface area contributed by atoms with Crippen LogP contribution in [0.15, 0.2) is 59.8 Å². The van der Waals surface area contributed by atoms with E-state index >= 15 is 0 Å². The van der Waals surface area contributed by atoms with Gasteiger partial charge < -0.3 is 0 Å². The number of hydrogen-bond acceptors (Lipinski definition) is 4. The van der Waals surface area contributed by atoms with E-state index in [1.54, 1.807) is 36.7 Å². The smallest absolute Gasteiger partial charge is 0.175 e. The molecule has 0 fully saturated rings. The van der Waals surface area contributed by atoms with E-state index in [4.69, 9.17) is 11.6 Å². The molecule has 0 spiro atoms. The highest BCUT2D eigenvalue weighted by molar-refractivity contribution is 7.90. The van der Waals surface area contributed by atoms with E-state index in [1.807, 2.05) is 25.1 Å². The summed E-state index contributed by atoms with van der Waals surface area (Å²) in [7, 11) is -3.31. The summed E-state index contributed by atoms with van der Waals surface area (Å²) < 4.78 is 23.7. The maximum Gasteiger partial charge on any atom is 0.175 e. The van der Waals surface area contributed by atoms with E-state index in [0.29, 0.717) is 21.8 Å². The van der Waals surface area contributed by atoms with E-state index < -0.39 is 9.84 Å². The van der Waals surface area contributed by atoms with Crippen molar-refractivity contribution < 1.29 is 8.42 Å². The Morgan fingerprint density at radius 1 is 1.04 bits per heavy atom. The summed E-state index contributed by atoms with van der Waals surface area (Å²) in [6.45, 7) is 2.04. The van der Waals surface area contributed by atoms with E-state index in [9.17, 15) is 8.42 Å². The van der Waals surface area contributed by atoms with Crippen LogP contribution in [-0.4, -0.2) is 24.6 Å². The molecule has 0 unspecified atom stereocenters. The molecular formula is C19H17ClN2O2S. The highest BCUT2D eigenvalue weighted by atomic mass is 35.5. The minimum Gasteiger partial charge on any atom is -0.261 e. The molecule has 1 aromatic carbocycles. The van der Waals surface area contributed by atoms with Crippen molar-refractivity contribution in [3.8, 4) is 22.4 Å². The Balaban J connectivity index is 2.20. The number of sulfone groups is 1. The van der Waals surface area contributed by atoms with Gasteiger partial charge in [0, 0.05) is 35.5 Å². The maximum atomic E-state index is 11.9. The number of benzene rings is 1. The van der Waals surface area contributed by atoms with Gasteiger partial charge in [0.1, 0.15) is 0 Å². The van der Waals surface area contributed by atoms with E-state index in [-0.39, 0.29) is 4.90 Å². The van der Waals surface area contributed by atoms with Crippen LogP contribution in [-0.2, 0) is 16.3 Å². The van der Waals surface area contributed by atoms with Crippen molar-refractivity contribution in [2.24, 2.45) is 0 Å². The highest BCUT2D eigenvalue weighted by Gasteiger charge is 2.15. The highest BCUT2D eigenvalue weighted by Crippen LogP contribution is 2.36. The third-order valence-corrected chi connectivity index (χ3v) is 5.34. The Labute approximate surface area is 152 Å². The van der Waals surface area contributed by atoms with Gasteiger partial charge in [0.25, 0.3) is 0 Å². The van der Waals surface area contributed by atoms with Gasteiger partial charge in [0.05, 0.1) is 15.6 Å². The first-order valence-electron chi connectivity index (χ1n) is 7.80. The van der Waals surface area contributed by atoms with Gasteiger partial charge in [0.2, 0.25) is 0 Å². The third-order valence-electron chi connectivity index (χ3n) is 3.91. The fourth-order valence-electron chi connectivity index (χ4n) is 2.59. The summed E-state index contributed by atoms with van der Waals surface area (Å²) in [6.07, 6.45) is 5.44. The van der Waals surface area contributed by atoms with Crippen molar-refractivity contribution in [1.82, 2.24) is 9.97 Å². The molecule has 0 aliphatic heterocycles. The summed E-state index contributed by atoms with van der Waals surface area (Å²) >= 11 is 6.43. The van der Waals surface area contributed by atoms with Crippen LogP contribution >= 0.6 is 11.6 Å². The van der Waals surface area contributed by atoms with E-state index in [1.165, 1.54) is 6.26 Å². The van der Waals surface area contributed by atoms with Crippen molar-refractivity contribution in [2.45, 2.75) is 18.2 Å². The summed E-state index contributed by atoms with van der Waals surface area (Å²) in [6, 6.07) is 12.3. The maximum absolute atomic E-state index is 11.9. The Morgan fingerprint density at radius 3 is 2.48 bits per heavy atom. The molecule has 0 N–H and O–H groups in total. The molecule has 128 valence electrons. The van der Waals surface area contributed by atoms with Crippen LogP contribution in [0, 0.1) is 0 Å². The van der Waals surface area contributed by atoms with Crippen LogP contribution < -0.4 is 0 Å². The SMILES string of the molecule is CCc1ccc(-c2nccc(Cl)c2-c2cccc(S(C)(=O)=O)c2)cn1. The van der Waals surface area contributed by atoms with Crippen LogP contribution in [0.4, 0.5) is 0 Å². The molecule has 0 saturated carbocycles. The van der Waals surface area contributed by atoms with Crippen molar-refractivity contribution >= 4 is 21.4 Å². The lowest BCUT2D eigenvalue weighted by Gasteiger charge is -2.12. The second-order valence-corrected chi connectivity index (χ2v) is 8.13. The first-order valence-corrected chi connectivity index (χ1v) is 10.1. The number of aryl methyl sites for hydroxylation is 1. The lowest BCUT2D eigenvalue weighted by atomic mass is 10.00. The molecule has 6 heteroatoms. The molecule has 4 nitrogen and oxygen atoms in total. The second-order valence-electron chi connectivity index (χ2n) is 5.71. The van der Waals surface area contributed by atoms with Crippen LogP contribution in [0.1, 0.15) is 12.6 Å². The van der Waals surface area contributed by atoms with Gasteiger partial charge in [0.15, 0.2) is 9.84 Å². The number of halogens is 1. The average Bonchev–Trinajstić information content (AvgIpc) is 2.61. The molecule has 3 aromatic rings. The van der Waals surface area contributed by atoms with Crippen LogP contribution in [0.3, 0.4) is 0 Å². The zero-order chi connectivity index (χ0) is 18.0. The molecule has 0 aliphatic carbocycles. The summed E-state index contributed by atoms with van der Waals surface area (Å²) in [5.74, 6) is 0. The topological polar surface area (TPSA) is 59.9 Å². The van der Waals surface area contributed by atoms with Gasteiger partial charge in [-0.15, -0.1) is 0 Å². The van der Waals surface area contributed by atoms with Crippen molar-refractivity contribution in [2.75, 3.05) is 6.26 Å². The van der Waals surface area contributed by atoms with Crippen molar-refractivity contribution in [3.05, 3.63) is 65.6 Å². The van der Waals surface area contributed by atoms with Gasteiger partial charge in [-0.2, -0.15) is 0 Å². The lowest BCUT2D eigenvalue weighted by molar-refractivity contribution is 0.602. The monoisotopic (exact) mass is 372 g/mol. The number of hydrogen-bond donors (Lipinski definition) is 0. The summed E-state index contributed by atoms with van der Waals surface area (Å²) in [5.41, 5.74) is 3.90. The second kappa shape index (κ2) is 6.94. The molecule has 3 rings (SSSR count). The number of rotatable bonds is 4. The Morgan fingerprint density at radius 2 is 1.84 bits per heavy atom. The van der Waals surface area contributed by atoms with Gasteiger partial charge in [-0.05, 0) is 42.3 Å². The summed E-state index contributed by atoms with van der Waals surface area (Å²) in [5, 5.41) is 0.509. The lowest BCUT2D eigenvalue weighted by Crippen LogP contribution is -1.98.